The van der Waals surface area contributed by atoms with Crippen LogP contribution >= 0.6 is 11.6 Å². The molecule has 19 heavy (non-hydrogen) atoms. The minimum atomic E-state index is 0.105. The zero-order chi connectivity index (χ0) is 14.6. The number of halogens is 1. The molecule has 0 fully saturated rings. The van der Waals surface area contributed by atoms with Crippen molar-refractivity contribution < 1.29 is 0 Å². The fraction of sp³-hybridized carbons (Fsp3) is 0.812. The standard InChI is InChI=1S/C16H29ClN2/c1-7-12(17)15-13(8-2)18-19(14(15)9-3)11-10-16(4,5)6/h12H,7-11H2,1-6H3. The summed E-state index contributed by atoms with van der Waals surface area (Å²) in [4.78, 5) is 0. The molecule has 1 aromatic heterocycles. The van der Waals surface area contributed by atoms with Gasteiger partial charge in [-0.1, -0.05) is 41.5 Å². The third-order valence-corrected chi connectivity index (χ3v) is 4.12. The van der Waals surface area contributed by atoms with Crippen molar-refractivity contribution in [2.75, 3.05) is 0 Å². The summed E-state index contributed by atoms with van der Waals surface area (Å²) in [5, 5.41) is 4.91. The van der Waals surface area contributed by atoms with Crippen molar-refractivity contribution in [2.24, 2.45) is 5.41 Å². The van der Waals surface area contributed by atoms with E-state index in [9.17, 15) is 0 Å². The Bertz CT molecular complexity index is 402. The molecule has 2 nitrogen and oxygen atoms in total. The quantitative estimate of drug-likeness (QED) is 0.662. The Hall–Kier alpha value is -0.500. The molecule has 1 heterocycles. The van der Waals surface area contributed by atoms with E-state index in [-0.39, 0.29) is 5.38 Å². The van der Waals surface area contributed by atoms with Gasteiger partial charge >= 0.3 is 0 Å². The molecule has 0 aliphatic carbocycles. The molecule has 0 bridgehead atoms. The van der Waals surface area contributed by atoms with Crippen LogP contribution in [0.2, 0.25) is 0 Å². The summed E-state index contributed by atoms with van der Waals surface area (Å²) in [5.74, 6) is 0. The van der Waals surface area contributed by atoms with E-state index in [2.05, 4.69) is 46.2 Å². The molecule has 1 unspecified atom stereocenters. The maximum Gasteiger partial charge on any atom is 0.0671 e. The molecule has 0 aromatic carbocycles. The van der Waals surface area contributed by atoms with Crippen LogP contribution in [0.15, 0.2) is 0 Å². The van der Waals surface area contributed by atoms with Crippen molar-refractivity contribution in [1.82, 2.24) is 9.78 Å². The lowest BCUT2D eigenvalue weighted by molar-refractivity contribution is 0.337. The monoisotopic (exact) mass is 284 g/mol. The fourth-order valence-corrected chi connectivity index (χ4v) is 2.64. The molecule has 1 atom stereocenters. The highest BCUT2D eigenvalue weighted by Crippen LogP contribution is 2.31. The molecule has 1 aromatic rings. The second kappa shape index (κ2) is 6.78. The van der Waals surface area contributed by atoms with E-state index < -0.39 is 0 Å². The zero-order valence-electron chi connectivity index (χ0n) is 13.4. The predicted octanol–water partition coefficient (Wildman–Crippen LogP) is 5.13. The largest absolute Gasteiger partial charge is 0.269 e. The third kappa shape index (κ3) is 4.24. The fourth-order valence-electron chi connectivity index (χ4n) is 2.39. The van der Waals surface area contributed by atoms with Gasteiger partial charge in [-0.3, -0.25) is 4.68 Å². The number of aromatic nitrogens is 2. The molecule has 0 N–H and O–H groups in total. The highest BCUT2D eigenvalue weighted by molar-refractivity contribution is 6.20. The van der Waals surface area contributed by atoms with Crippen LogP contribution in [0, 0.1) is 5.41 Å². The molecule has 0 radical (unpaired) electrons. The summed E-state index contributed by atoms with van der Waals surface area (Å²) in [6.45, 7) is 14.3. The van der Waals surface area contributed by atoms with Gasteiger partial charge in [0.05, 0.1) is 11.1 Å². The Kier molecular flexibility index (Phi) is 5.91. The van der Waals surface area contributed by atoms with Crippen LogP contribution in [0.1, 0.15) is 76.7 Å². The van der Waals surface area contributed by atoms with E-state index in [1.807, 2.05) is 0 Å². The number of hydrogen-bond acceptors (Lipinski definition) is 1. The van der Waals surface area contributed by atoms with Crippen molar-refractivity contribution in [1.29, 1.82) is 0 Å². The van der Waals surface area contributed by atoms with E-state index in [4.69, 9.17) is 16.7 Å². The Morgan fingerprint density at radius 3 is 2.21 bits per heavy atom. The molecule has 0 spiro atoms. The van der Waals surface area contributed by atoms with Crippen molar-refractivity contribution in [3.63, 3.8) is 0 Å². The zero-order valence-corrected chi connectivity index (χ0v) is 14.1. The maximum absolute atomic E-state index is 6.51. The number of alkyl halides is 1. The summed E-state index contributed by atoms with van der Waals surface area (Å²) >= 11 is 6.51. The normalized spacial score (nSPS) is 13.8. The SMILES string of the molecule is CCc1nn(CCC(C)(C)C)c(CC)c1C(Cl)CC. The second-order valence-electron chi connectivity index (χ2n) is 6.42. The Balaban J connectivity index is 3.08. The van der Waals surface area contributed by atoms with Crippen molar-refractivity contribution in [2.45, 2.75) is 79.1 Å². The number of hydrogen-bond donors (Lipinski definition) is 0. The van der Waals surface area contributed by atoms with Gasteiger partial charge in [0.25, 0.3) is 0 Å². The molecule has 0 saturated carbocycles. The topological polar surface area (TPSA) is 17.8 Å². The summed E-state index contributed by atoms with van der Waals surface area (Å²) in [5.41, 5.74) is 4.16. The van der Waals surface area contributed by atoms with E-state index in [0.29, 0.717) is 5.41 Å². The van der Waals surface area contributed by atoms with Gasteiger partial charge in [0.2, 0.25) is 0 Å². The van der Waals surface area contributed by atoms with Crippen LogP contribution < -0.4 is 0 Å². The first-order valence-electron chi connectivity index (χ1n) is 7.56. The average molecular weight is 285 g/mol. The van der Waals surface area contributed by atoms with Crippen LogP contribution in [0.25, 0.3) is 0 Å². The molecule has 3 heteroatoms. The molecule has 0 saturated heterocycles. The summed E-state index contributed by atoms with van der Waals surface area (Å²) < 4.78 is 2.20. The van der Waals surface area contributed by atoms with Crippen LogP contribution in [0.5, 0.6) is 0 Å². The average Bonchev–Trinajstić information content (AvgIpc) is 2.72. The lowest BCUT2D eigenvalue weighted by Gasteiger charge is -2.19. The van der Waals surface area contributed by atoms with Crippen LogP contribution in [-0.4, -0.2) is 9.78 Å². The number of aryl methyl sites for hydroxylation is 2. The highest BCUT2D eigenvalue weighted by atomic mass is 35.5. The summed E-state index contributed by atoms with van der Waals surface area (Å²) in [6.07, 6.45) is 4.08. The first-order valence-corrected chi connectivity index (χ1v) is 8.00. The van der Waals surface area contributed by atoms with E-state index in [0.717, 1.165) is 32.2 Å². The smallest absolute Gasteiger partial charge is 0.0671 e. The van der Waals surface area contributed by atoms with E-state index in [1.54, 1.807) is 0 Å². The first-order chi connectivity index (χ1) is 8.84. The molecular formula is C16H29ClN2. The van der Waals surface area contributed by atoms with Gasteiger partial charge < -0.3 is 0 Å². The minimum absolute atomic E-state index is 0.105. The van der Waals surface area contributed by atoms with Gasteiger partial charge in [-0.2, -0.15) is 5.10 Å². The van der Waals surface area contributed by atoms with Crippen molar-refractivity contribution >= 4 is 11.6 Å². The van der Waals surface area contributed by atoms with Crippen LogP contribution in [0.4, 0.5) is 0 Å². The molecule has 110 valence electrons. The molecule has 0 aliphatic heterocycles. The lowest BCUT2D eigenvalue weighted by atomic mass is 9.92. The Morgan fingerprint density at radius 2 is 1.79 bits per heavy atom. The maximum atomic E-state index is 6.51. The van der Waals surface area contributed by atoms with E-state index >= 15 is 0 Å². The first kappa shape index (κ1) is 16.6. The second-order valence-corrected chi connectivity index (χ2v) is 6.95. The molecule has 1 rings (SSSR count). The minimum Gasteiger partial charge on any atom is -0.269 e. The molecular weight excluding hydrogens is 256 g/mol. The van der Waals surface area contributed by atoms with Crippen molar-refractivity contribution in [3.05, 3.63) is 17.0 Å². The van der Waals surface area contributed by atoms with Gasteiger partial charge in [-0.25, -0.2) is 0 Å². The van der Waals surface area contributed by atoms with Crippen LogP contribution in [0.3, 0.4) is 0 Å². The third-order valence-electron chi connectivity index (χ3n) is 3.59. The summed E-state index contributed by atoms with van der Waals surface area (Å²) in [6, 6.07) is 0. The predicted molar refractivity (Wildman–Crippen MR) is 83.9 cm³/mol. The van der Waals surface area contributed by atoms with Crippen molar-refractivity contribution in [3.8, 4) is 0 Å². The van der Waals surface area contributed by atoms with E-state index in [1.165, 1.54) is 17.0 Å². The molecule has 0 aliphatic rings. The van der Waals surface area contributed by atoms with Gasteiger partial charge in [0.1, 0.15) is 0 Å². The summed E-state index contributed by atoms with van der Waals surface area (Å²) in [7, 11) is 0. The molecule has 0 amide bonds. The van der Waals surface area contributed by atoms with Gasteiger partial charge in [-0.05, 0) is 31.1 Å². The number of rotatable bonds is 6. The van der Waals surface area contributed by atoms with Gasteiger partial charge in [0, 0.05) is 17.8 Å². The van der Waals surface area contributed by atoms with Crippen LogP contribution in [-0.2, 0) is 19.4 Å². The Morgan fingerprint density at radius 1 is 1.16 bits per heavy atom. The number of nitrogens with zero attached hydrogens (tertiary/aromatic N) is 2. The lowest BCUT2D eigenvalue weighted by Crippen LogP contribution is -2.13. The van der Waals surface area contributed by atoms with Gasteiger partial charge in [0.15, 0.2) is 0 Å². The van der Waals surface area contributed by atoms with Gasteiger partial charge in [-0.15, -0.1) is 11.6 Å². The Labute approximate surface area is 123 Å². The highest BCUT2D eigenvalue weighted by Gasteiger charge is 2.21.